The molecule has 1 aromatic heterocycles. The van der Waals surface area contributed by atoms with Crippen molar-refractivity contribution in [2.75, 3.05) is 5.32 Å². The number of amides is 1. The predicted octanol–water partition coefficient (Wildman–Crippen LogP) is 4.05. The fraction of sp³-hybridized carbons (Fsp3) is 0.353. The Morgan fingerprint density at radius 1 is 1.37 bits per heavy atom. The van der Waals surface area contributed by atoms with Gasteiger partial charge in [0.25, 0.3) is 5.56 Å². The number of benzene rings is 1. The smallest absolute Gasteiger partial charge is 0.324 e. The number of alkyl halides is 3. The van der Waals surface area contributed by atoms with Gasteiger partial charge < -0.3 is 10.3 Å². The number of H-pyrrole nitrogens is 1. The zero-order chi connectivity index (χ0) is 19.8. The largest absolute Gasteiger partial charge is 0.416 e. The fourth-order valence-electron chi connectivity index (χ4n) is 2.73. The number of fused-ring (bicyclic) bond motifs is 1. The molecule has 0 radical (unpaired) electrons. The number of carbonyl (C=O) groups is 1. The lowest BCUT2D eigenvalue weighted by Gasteiger charge is -2.14. The van der Waals surface area contributed by atoms with Crippen molar-refractivity contribution in [3.63, 3.8) is 0 Å². The van der Waals surface area contributed by atoms with Crippen molar-refractivity contribution < 1.29 is 18.0 Å². The van der Waals surface area contributed by atoms with E-state index in [0.29, 0.717) is 23.6 Å². The lowest BCUT2D eigenvalue weighted by Crippen LogP contribution is -2.24. The van der Waals surface area contributed by atoms with Crippen molar-refractivity contribution in [2.45, 2.75) is 42.8 Å². The van der Waals surface area contributed by atoms with Crippen molar-refractivity contribution in [1.29, 1.82) is 0 Å². The number of hydrogen-bond acceptors (Lipinski definition) is 4. The number of anilines is 1. The molecule has 5 nitrogen and oxygen atoms in total. The normalized spacial score (nSPS) is 14.7. The molecule has 1 heterocycles. The first-order valence-corrected chi connectivity index (χ1v) is 9.37. The first-order chi connectivity index (χ1) is 12.6. The van der Waals surface area contributed by atoms with E-state index in [2.05, 4.69) is 15.3 Å². The molecule has 27 heavy (non-hydrogen) atoms. The number of aromatic amines is 1. The van der Waals surface area contributed by atoms with Crippen LogP contribution in [-0.4, -0.2) is 21.1 Å². The van der Waals surface area contributed by atoms with Crippen LogP contribution >= 0.6 is 23.4 Å². The number of aromatic nitrogens is 2. The van der Waals surface area contributed by atoms with Crippen LogP contribution < -0.4 is 10.9 Å². The minimum absolute atomic E-state index is 0.00221. The van der Waals surface area contributed by atoms with Gasteiger partial charge in [-0.3, -0.25) is 9.59 Å². The van der Waals surface area contributed by atoms with E-state index in [-0.39, 0.29) is 16.3 Å². The third kappa shape index (κ3) is 4.47. The molecule has 0 bridgehead atoms. The summed E-state index contributed by atoms with van der Waals surface area (Å²) in [6, 6.07) is 2.71. The molecule has 3 rings (SSSR count). The Morgan fingerprint density at radius 3 is 2.81 bits per heavy atom. The molecule has 1 amide bonds. The Morgan fingerprint density at radius 2 is 2.11 bits per heavy atom. The number of thioether (sulfide) groups is 1. The van der Waals surface area contributed by atoms with Gasteiger partial charge in [0.2, 0.25) is 5.91 Å². The second kappa shape index (κ2) is 7.55. The van der Waals surface area contributed by atoms with E-state index < -0.39 is 22.9 Å². The number of rotatable bonds is 4. The van der Waals surface area contributed by atoms with E-state index in [9.17, 15) is 22.8 Å². The molecular formula is C17H15ClF3N3O2S. The molecule has 0 saturated carbocycles. The quantitative estimate of drug-likeness (QED) is 0.581. The van der Waals surface area contributed by atoms with Crippen molar-refractivity contribution >= 4 is 35.0 Å². The topological polar surface area (TPSA) is 74.8 Å². The fourth-order valence-corrected chi connectivity index (χ4v) is 3.71. The molecule has 0 fully saturated rings. The van der Waals surface area contributed by atoms with Crippen LogP contribution in [0.1, 0.15) is 30.2 Å². The number of halogens is 4. The van der Waals surface area contributed by atoms with E-state index in [1.807, 2.05) is 0 Å². The molecule has 2 N–H and O–H groups in total. The van der Waals surface area contributed by atoms with Gasteiger partial charge in [-0.05, 0) is 44.4 Å². The molecule has 1 unspecified atom stereocenters. The molecule has 2 aromatic rings. The van der Waals surface area contributed by atoms with Crippen molar-refractivity contribution in [1.82, 2.24) is 9.97 Å². The Labute approximate surface area is 161 Å². The maximum Gasteiger partial charge on any atom is 0.416 e. The zero-order valence-corrected chi connectivity index (χ0v) is 15.7. The van der Waals surface area contributed by atoms with Crippen LogP contribution in [0.5, 0.6) is 0 Å². The average Bonchev–Trinajstić information content (AvgIpc) is 3.04. The lowest BCUT2D eigenvalue weighted by molar-refractivity contribution is -0.137. The highest BCUT2D eigenvalue weighted by Crippen LogP contribution is 2.34. The second-order valence-electron chi connectivity index (χ2n) is 6.09. The first kappa shape index (κ1) is 19.8. The van der Waals surface area contributed by atoms with Gasteiger partial charge >= 0.3 is 6.18 Å². The van der Waals surface area contributed by atoms with Gasteiger partial charge in [0.15, 0.2) is 5.16 Å². The number of nitrogens with one attached hydrogen (secondary N) is 2. The number of hydrogen-bond donors (Lipinski definition) is 2. The summed E-state index contributed by atoms with van der Waals surface area (Å²) >= 11 is 6.91. The Balaban J connectivity index is 1.73. The summed E-state index contributed by atoms with van der Waals surface area (Å²) in [6.45, 7) is 1.56. The SMILES string of the molecule is CC(Sc1nc2c(c(=O)[nH]1)CCC2)C(=O)Nc1cc(C(F)(F)F)ccc1Cl. The number of aryl methyl sites for hydroxylation is 1. The van der Waals surface area contributed by atoms with Gasteiger partial charge in [-0.1, -0.05) is 23.4 Å². The van der Waals surface area contributed by atoms with Crippen LogP contribution in [0.15, 0.2) is 28.2 Å². The summed E-state index contributed by atoms with van der Waals surface area (Å²) in [4.78, 5) is 31.4. The lowest BCUT2D eigenvalue weighted by atomic mass is 10.2. The molecule has 1 atom stereocenters. The molecule has 10 heteroatoms. The van der Waals surface area contributed by atoms with E-state index in [1.54, 1.807) is 6.92 Å². The molecule has 1 aliphatic rings. The van der Waals surface area contributed by atoms with Gasteiger partial charge in [-0.25, -0.2) is 4.98 Å². The summed E-state index contributed by atoms with van der Waals surface area (Å²) in [5.74, 6) is -0.552. The molecule has 1 aromatic carbocycles. The summed E-state index contributed by atoms with van der Waals surface area (Å²) in [7, 11) is 0. The second-order valence-corrected chi connectivity index (χ2v) is 7.83. The van der Waals surface area contributed by atoms with Gasteiger partial charge in [-0.15, -0.1) is 0 Å². The van der Waals surface area contributed by atoms with Gasteiger partial charge in [0, 0.05) is 5.56 Å². The van der Waals surface area contributed by atoms with Crippen LogP contribution in [0.4, 0.5) is 18.9 Å². The highest BCUT2D eigenvalue weighted by atomic mass is 35.5. The van der Waals surface area contributed by atoms with Crippen molar-refractivity contribution in [3.05, 3.63) is 50.4 Å². The van der Waals surface area contributed by atoms with E-state index >= 15 is 0 Å². The van der Waals surface area contributed by atoms with Gasteiger partial charge in [-0.2, -0.15) is 13.2 Å². The average molecular weight is 418 g/mol. The molecule has 0 saturated heterocycles. The zero-order valence-electron chi connectivity index (χ0n) is 14.1. The van der Waals surface area contributed by atoms with E-state index in [0.717, 1.165) is 42.1 Å². The Hall–Kier alpha value is -2.00. The Bertz CT molecular complexity index is 946. The maximum absolute atomic E-state index is 12.8. The predicted molar refractivity (Wildman–Crippen MR) is 97.3 cm³/mol. The summed E-state index contributed by atoms with van der Waals surface area (Å²) in [5.41, 5.74) is 0.155. The van der Waals surface area contributed by atoms with Crippen molar-refractivity contribution in [2.24, 2.45) is 0 Å². The molecule has 1 aliphatic carbocycles. The van der Waals surface area contributed by atoms with Crippen LogP contribution in [-0.2, 0) is 23.8 Å². The number of nitrogens with zero attached hydrogens (tertiary/aromatic N) is 1. The summed E-state index contributed by atoms with van der Waals surface area (Å²) < 4.78 is 38.5. The third-order valence-electron chi connectivity index (χ3n) is 4.13. The van der Waals surface area contributed by atoms with E-state index in [1.165, 1.54) is 0 Å². The monoisotopic (exact) mass is 417 g/mol. The Kier molecular flexibility index (Phi) is 5.53. The van der Waals surface area contributed by atoms with Gasteiger partial charge in [0.05, 0.1) is 27.2 Å². The standard InChI is InChI=1S/C17H15ClF3N3O2S/c1-8(27-16-23-12-4-2-3-10(12)15(26)24-16)14(25)22-13-7-9(17(19,20)21)5-6-11(13)18/h5-8H,2-4H2,1H3,(H,22,25)(H,23,24,26). The molecule has 0 spiro atoms. The third-order valence-corrected chi connectivity index (χ3v) is 5.44. The summed E-state index contributed by atoms with van der Waals surface area (Å²) in [6.07, 6.45) is -2.28. The summed E-state index contributed by atoms with van der Waals surface area (Å²) in [5, 5.41) is 1.99. The first-order valence-electron chi connectivity index (χ1n) is 8.11. The van der Waals surface area contributed by atoms with E-state index in [4.69, 9.17) is 11.6 Å². The highest BCUT2D eigenvalue weighted by Gasteiger charge is 2.31. The highest BCUT2D eigenvalue weighted by molar-refractivity contribution is 8.00. The molecule has 144 valence electrons. The van der Waals surface area contributed by atoms with Crippen LogP contribution in [0.2, 0.25) is 5.02 Å². The molecule has 0 aliphatic heterocycles. The maximum atomic E-state index is 12.8. The minimum atomic E-state index is -4.54. The minimum Gasteiger partial charge on any atom is -0.324 e. The van der Waals surface area contributed by atoms with Crippen LogP contribution in [0.25, 0.3) is 0 Å². The number of carbonyl (C=O) groups excluding carboxylic acids is 1. The van der Waals surface area contributed by atoms with Gasteiger partial charge in [0.1, 0.15) is 0 Å². The van der Waals surface area contributed by atoms with Crippen molar-refractivity contribution in [3.8, 4) is 0 Å². The van der Waals surface area contributed by atoms with Crippen LogP contribution in [0, 0.1) is 0 Å². The molecular weight excluding hydrogens is 403 g/mol. The van der Waals surface area contributed by atoms with Crippen LogP contribution in [0.3, 0.4) is 0 Å².